The fourth-order valence-corrected chi connectivity index (χ4v) is 1.45. The molecule has 0 aliphatic rings. The van der Waals surface area contributed by atoms with Crippen LogP contribution in [0.3, 0.4) is 0 Å². The maximum atomic E-state index is 11.3. The summed E-state index contributed by atoms with van der Waals surface area (Å²) >= 11 is 0. The summed E-state index contributed by atoms with van der Waals surface area (Å²) < 4.78 is 1.48. The Bertz CT molecular complexity index is 493. The third-order valence-electron chi connectivity index (χ3n) is 2.39. The lowest BCUT2D eigenvalue weighted by Crippen LogP contribution is -2.13. The van der Waals surface area contributed by atoms with Gasteiger partial charge in [0.2, 0.25) is 0 Å². The lowest BCUT2D eigenvalue weighted by atomic mass is 10.0. The van der Waals surface area contributed by atoms with E-state index in [1.165, 1.54) is 16.5 Å². The van der Waals surface area contributed by atoms with Gasteiger partial charge < -0.3 is 0 Å². The lowest BCUT2D eigenvalue weighted by Gasteiger charge is -2.06. The number of nitrogens with zero attached hydrogens (tertiary/aromatic N) is 2. The van der Waals surface area contributed by atoms with Crippen molar-refractivity contribution < 1.29 is 0 Å². The van der Waals surface area contributed by atoms with Gasteiger partial charge in [-0.25, -0.2) is 14.5 Å². The first kappa shape index (κ1) is 9.71. The molecule has 0 fully saturated rings. The van der Waals surface area contributed by atoms with Crippen LogP contribution >= 0.6 is 0 Å². The molecule has 0 aliphatic heterocycles. The Morgan fingerprint density at radius 2 is 1.93 bits per heavy atom. The van der Waals surface area contributed by atoms with E-state index in [0.29, 0.717) is 5.92 Å². The molecule has 0 radical (unpaired) electrons. The van der Waals surface area contributed by atoms with E-state index in [0.717, 1.165) is 5.69 Å². The number of H-pyrrole nitrogens is 1. The summed E-state index contributed by atoms with van der Waals surface area (Å²) in [5.41, 5.74) is 1.88. The van der Waals surface area contributed by atoms with E-state index in [9.17, 15) is 4.79 Å². The number of benzene rings is 1. The third kappa shape index (κ3) is 1.83. The molecule has 0 unspecified atom stereocenters. The molecule has 4 nitrogen and oxygen atoms in total. The minimum atomic E-state index is -0.215. The van der Waals surface area contributed by atoms with E-state index in [1.54, 1.807) is 0 Å². The van der Waals surface area contributed by atoms with Crippen LogP contribution in [0, 0.1) is 0 Å². The van der Waals surface area contributed by atoms with Crippen LogP contribution in [0.5, 0.6) is 0 Å². The van der Waals surface area contributed by atoms with Gasteiger partial charge >= 0.3 is 5.69 Å². The molecular weight excluding hydrogens is 190 g/mol. The molecule has 0 bridgehead atoms. The fourth-order valence-electron chi connectivity index (χ4n) is 1.45. The molecule has 1 N–H and O–H groups in total. The highest BCUT2D eigenvalue weighted by Gasteiger charge is 2.02. The minimum absolute atomic E-state index is 0.215. The van der Waals surface area contributed by atoms with E-state index in [1.807, 2.05) is 24.3 Å². The van der Waals surface area contributed by atoms with Crippen LogP contribution in [0.4, 0.5) is 0 Å². The Morgan fingerprint density at radius 3 is 2.40 bits per heavy atom. The molecule has 0 aliphatic carbocycles. The molecule has 0 atom stereocenters. The Labute approximate surface area is 87.6 Å². The summed E-state index contributed by atoms with van der Waals surface area (Å²) in [5.74, 6) is 0.500. The van der Waals surface area contributed by atoms with Gasteiger partial charge in [0, 0.05) is 0 Å². The van der Waals surface area contributed by atoms with Crippen molar-refractivity contribution in [1.82, 2.24) is 14.8 Å². The molecule has 1 aromatic carbocycles. The normalized spacial score (nSPS) is 10.9. The second kappa shape index (κ2) is 3.73. The van der Waals surface area contributed by atoms with Gasteiger partial charge in [0.05, 0.1) is 5.69 Å². The first-order valence-electron chi connectivity index (χ1n) is 4.91. The second-order valence-electron chi connectivity index (χ2n) is 3.78. The summed E-state index contributed by atoms with van der Waals surface area (Å²) in [6.45, 7) is 4.28. The van der Waals surface area contributed by atoms with Crippen LogP contribution in [0.25, 0.3) is 5.69 Å². The van der Waals surface area contributed by atoms with Gasteiger partial charge in [-0.1, -0.05) is 26.0 Å². The van der Waals surface area contributed by atoms with Gasteiger partial charge in [0.25, 0.3) is 0 Å². The first-order chi connectivity index (χ1) is 7.18. The molecule has 0 saturated heterocycles. The molecule has 2 rings (SSSR count). The van der Waals surface area contributed by atoms with Crippen molar-refractivity contribution in [2.24, 2.45) is 0 Å². The summed E-state index contributed by atoms with van der Waals surface area (Å²) in [4.78, 5) is 11.3. The molecule has 0 saturated carbocycles. The maximum absolute atomic E-state index is 11.3. The molecule has 78 valence electrons. The highest BCUT2D eigenvalue weighted by Crippen LogP contribution is 2.15. The Hall–Kier alpha value is -1.84. The summed E-state index contributed by atoms with van der Waals surface area (Å²) in [6.07, 6.45) is 1.48. The van der Waals surface area contributed by atoms with Crippen LogP contribution in [-0.4, -0.2) is 14.8 Å². The molecule has 4 heteroatoms. The average molecular weight is 203 g/mol. The van der Waals surface area contributed by atoms with Crippen molar-refractivity contribution >= 4 is 0 Å². The molecule has 0 amide bonds. The predicted molar refractivity (Wildman–Crippen MR) is 58.3 cm³/mol. The molecule has 1 aromatic heterocycles. The predicted octanol–water partition coefficient (Wildman–Crippen LogP) is 1.68. The lowest BCUT2D eigenvalue weighted by molar-refractivity contribution is 0.864. The standard InChI is InChI=1S/C11H13N3O/c1-8(2)9-3-5-10(6-4-9)14-7-12-13-11(14)15/h3-8H,1-2H3,(H,13,15). The molecule has 2 aromatic rings. The average Bonchev–Trinajstić information content (AvgIpc) is 2.65. The quantitative estimate of drug-likeness (QED) is 0.807. The van der Waals surface area contributed by atoms with Crippen LogP contribution in [0.15, 0.2) is 35.4 Å². The van der Waals surface area contributed by atoms with Crippen LogP contribution in [0.1, 0.15) is 25.3 Å². The number of hydrogen-bond donors (Lipinski definition) is 1. The number of hydrogen-bond acceptors (Lipinski definition) is 2. The summed E-state index contributed by atoms with van der Waals surface area (Å²) in [5, 5.41) is 6.04. The van der Waals surface area contributed by atoms with E-state index in [2.05, 4.69) is 24.0 Å². The van der Waals surface area contributed by atoms with E-state index in [4.69, 9.17) is 0 Å². The van der Waals surface area contributed by atoms with E-state index in [-0.39, 0.29) is 5.69 Å². The topological polar surface area (TPSA) is 50.7 Å². The fraction of sp³-hybridized carbons (Fsp3) is 0.273. The highest BCUT2D eigenvalue weighted by atomic mass is 16.1. The zero-order valence-electron chi connectivity index (χ0n) is 8.77. The largest absolute Gasteiger partial charge is 0.347 e. The molecule has 1 heterocycles. The Balaban J connectivity index is 2.40. The Kier molecular flexibility index (Phi) is 2.41. The number of aromatic amines is 1. The third-order valence-corrected chi connectivity index (χ3v) is 2.39. The molecule has 15 heavy (non-hydrogen) atoms. The van der Waals surface area contributed by atoms with Crippen LogP contribution in [0.2, 0.25) is 0 Å². The number of nitrogens with one attached hydrogen (secondary N) is 1. The van der Waals surface area contributed by atoms with Crippen LogP contribution < -0.4 is 5.69 Å². The summed E-state index contributed by atoms with van der Waals surface area (Å²) in [7, 11) is 0. The van der Waals surface area contributed by atoms with Crippen molar-refractivity contribution in [1.29, 1.82) is 0 Å². The zero-order chi connectivity index (χ0) is 10.8. The molecular formula is C11H13N3O. The smallest absolute Gasteiger partial charge is 0.250 e. The summed E-state index contributed by atoms with van der Waals surface area (Å²) in [6, 6.07) is 7.90. The van der Waals surface area contributed by atoms with Crippen molar-refractivity contribution in [3.05, 3.63) is 46.6 Å². The first-order valence-corrected chi connectivity index (χ1v) is 4.91. The SMILES string of the molecule is CC(C)c1ccc(-n2cn[nH]c2=O)cc1. The van der Waals surface area contributed by atoms with Gasteiger partial charge in [-0.15, -0.1) is 0 Å². The van der Waals surface area contributed by atoms with Crippen molar-refractivity contribution in [3.63, 3.8) is 0 Å². The minimum Gasteiger partial charge on any atom is -0.250 e. The molecule has 0 spiro atoms. The van der Waals surface area contributed by atoms with E-state index >= 15 is 0 Å². The van der Waals surface area contributed by atoms with E-state index < -0.39 is 0 Å². The van der Waals surface area contributed by atoms with Crippen molar-refractivity contribution in [2.75, 3.05) is 0 Å². The maximum Gasteiger partial charge on any atom is 0.347 e. The zero-order valence-corrected chi connectivity index (χ0v) is 8.77. The van der Waals surface area contributed by atoms with Crippen molar-refractivity contribution in [2.45, 2.75) is 19.8 Å². The van der Waals surface area contributed by atoms with Crippen LogP contribution in [-0.2, 0) is 0 Å². The second-order valence-corrected chi connectivity index (χ2v) is 3.78. The highest BCUT2D eigenvalue weighted by molar-refractivity contribution is 5.35. The van der Waals surface area contributed by atoms with Gasteiger partial charge in [-0.05, 0) is 23.6 Å². The number of rotatable bonds is 2. The van der Waals surface area contributed by atoms with Gasteiger partial charge in [-0.2, -0.15) is 5.10 Å². The number of aromatic nitrogens is 3. The van der Waals surface area contributed by atoms with Gasteiger partial charge in [0.1, 0.15) is 6.33 Å². The van der Waals surface area contributed by atoms with Gasteiger partial charge in [-0.3, -0.25) is 0 Å². The van der Waals surface area contributed by atoms with Gasteiger partial charge in [0.15, 0.2) is 0 Å². The monoisotopic (exact) mass is 203 g/mol. The van der Waals surface area contributed by atoms with Crippen molar-refractivity contribution in [3.8, 4) is 5.69 Å². The Morgan fingerprint density at radius 1 is 1.27 bits per heavy atom.